The molecule has 0 aliphatic rings. The summed E-state index contributed by atoms with van der Waals surface area (Å²) in [6.07, 6.45) is 0. The second-order valence-electron chi connectivity index (χ2n) is 4.11. The van der Waals surface area contributed by atoms with Crippen LogP contribution in [0.3, 0.4) is 0 Å². The molecule has 8 heteroatoms. The van der Waals surface area contributed by atoms with E-state index in [2.05, 4.69) is 37.9 Å². The Bertz CT molecular complexity index is 678. The van der Waals surface area contributed by atoms with Crippen LogP contribution in [0.5, 0.6) is 0 Å². The Hall–Kier alpha value is -1.81. The van der Waals surface area contributed by atoms with Crippen LogP contribution in [0.1, 0.15) is 5.69 Å². The summed E-state index contributed by atoms with van der Waals surface area (Å²) in [7, 11) is 3.31. The zero-order valence-corrected chi connectivity index (χ0v) is 13.6. The third kappa shape index (κ3) is 3.27. The van der Waals surface area contributed by atoms with E-state index < -0.39 is 4.92 Å². The van der Waals surface area contributed by atoms with Crippen molar-refractivity contribution in [2.24, 2.45) is 0 Å². The Morgan fingerprint density at radius 2 is 2.10 bits per heavy atom. The van der Waals surface area contributed by atoms with Gasteiger partial charge < -0.3 is 10.1 Å². The maximum atomic E-state index is 11.1. The van der Waals surface area contributed by atoms with Crippen LogP contribution < -0.4 is 5.32 Å². The monoisotopic (exact) mass is 400 g/mol. The average Bonchev–Trinajstić information content (AvgIpc) is 2.49. The van der Waals surface area contributed by atoms with Crippen LogP contribution in [0, 0.1) is 13.7 Å². The molecule has 0 radical (unpaired) electrons. The molecule has 1 heterocycles. The number of anilines is 1. The van der Waals surface area contributed by atoms with Crippen LogP contribution in [-0.4, -0.2) is 29.0 Å². The molecule has 0 saturated heterocycles. The van der Waals surface area contributed by atoms with Crippen molar-refractivity contribution < 1.29 is 9.66 Å². The molecule has 0 aliphatic heterocycles. The number of methoxy groups -OCH3 is 1. The molecule has 110 valence electrons. The summed E-state index contributed by atoms with van der Waals surface area (Å²) in [4.78, 5) is 19.4. The number of nitro groups is 1. The van der Waals surface area contributed by atoms with Crippen LogP contribution in [0.4, 0.5) is 11.5 Å². The van der Waals surface area contributed by atoms with E-state index in [1.807, 2.05) is 0 Å². The molecule has 0 amide bonds. The predicted molar refractivity (Wildman–Crippen MR) is 87.1 cm³/mol. The van der Waals surface area contributed by atoms with Gasteiger partial charge in [0, 0.05) is 20.2 Å². The topological polar surface area (TPSA) is 90.2 Å². The number of nitro benzene ring substituents is 1. The predicted octanol–water partition coefficient (Wildman–Crippen LogP) is 2.84. The number of halogens is 1. The van der Waals surface area contributed by atoms with E-state index in [0.29, 0.717) is 29.5 Å². The molecule has 0 spiro atoms. The van der Waals surface area contributed by atoms with Crippen LogP contribution in [0.25, 0.3) is 11.4 Å². The van der Waals surface area contributed by atoms with E-state index >= 15 is 0 Å². The first-order valence-corrected chi connectivity index (χ1v) is 7.13. The zero-order chi connectivity index (χ0) is 15.4. The molecule has 1 N–H and O–H groups in total. The molecule has 0 aliphatic carbocycles. The van der Waals surface area contributed by atoms with E-state index in [0.717, 1.165) is 3.57 Å². The highest BCUT2D eigenvalue weighted by Crippen LogP contribution is 2.30. The van der Waals surface area contributed by atoms with Crippen LogP contribution in [0.15, 0.2) is 24.3 Å². The fourth-order valence-electron chi connectivity index (χ4n) is 1.83. The average molecular weight is 400 g/mol. The number of nitrogens with zero attached hydrogens (tertiary/aromatic N) is 3. The lowest BCUT2D eigenvalue weighted by molar-refractivity contribution is -0.384. The molecular weight excluding hydrogens is 387 g/mol. The minimum absolute atomic E-state index is 0.0240. The van der Waals surface area contributed by atoms with Gasteiger partial charge in [0.15, 0.2) is 5.82 Å². The van der Waals surface area contributed by atoms with Gasteiger partial charge in [-0.05, 0) is 28.7 Å². The lowest BCUT2D eigenvalue weighted by atomic mass is 10.1. The van der Waals surface area contributed by atoms with E-state index in [1.165, 1.54) is 6.07 Å². The highest BCUT2D eigenvalue weighted by atomic mass is 127. The van der Waals surface area contributed by atoms with E-state index in [-0.39, 0.29) is 5.69 Å². The summed E-state index contributed by atoms with van der Waals surface area (Å²) in [5.41, 5.74) is 1.04. The van der Waals surface area contributed by atoms with E-state index in [1.54, 1.807) is 32.4 Å². The Morgan fingerprint density at radius 3 is 2.71 bits per heavy atom. The molecule has 0 saturated carbocycles. The smallest absolute Gasteiger partial charge is 0.280 e. The van der Waals surface area contributed by atoms with Gasteiger partial charge in [-0.1, -0.05) is 12.1 Å². The Labute approximate surface area is 135 Å². The van der Waals surface area contributed by atoms with Crippen molar-refractivity contribution in [2.45, 2.75) is 6.61 Å². The van der Waals surface area contributed by atoms with Gasteiger partial charge in [-0.15, -0.1) is 0 Å². The van der Waals surface area contributed by atoms with Gasteiger partial charge in [0.25, 0.3) is 5.69 Å². The quantitative estimate of drug-likeness (QED) is 0.472. The van der Waals surface area contributed by atoms with Crippen molar-refractivity contribution in [3.63, 3.8) is 0 Å². The summed E-state index contributed by atoms with van der Waals surface area (Å²) >= 11 is 2.12. The number of hydrogen-bond donors (Lipinski definition) is 1. The molecule has 0 fully saturated rings. The fourth-order valence-corrected chi connectivity index (χ4v) is 2.50. The van der Waals surface area contributed by atoms with Gasteiger partial charge in [-0.2, -0.15) is 0 Å². The fraction of sp³-hybridized carbons (Fsp3) is 0.231. The molecule has 0 atom stereocenters. The highest BCUT2D eigenvalue weighted by molar-refractivity contribution is 14.1. The van der Waals surface area contributed by atoms with Crippen molar-refractivity contribution in [1.82, 2.24) is 9.97 Å². The first-order chi connectivity index (χ1) is 10.1. The summed E-state index contributed by atoms with van der Waals surface area (Å²) < 4.78 is 5.95. The van der Waals surface area contributed by atoms with Crippen LogP contribution in [-0.2, 0) is 11.3 Å². The number of para-hydroxylation sites is 1. The second kappa shape index (κ2) is 6.76. The maximum absolute atomic E-state index is 11.1. The molecule has 0 unspecified atom stereocenters. The molecule has 1 aromatic heterocycles. The maximum Gasteiger partial charge on any atom is 0.280 e. The van der Waals surface area contributed by atoms with Crippen molar-refractivity contribution in [2.75, 3.05) is 19.5 Å². The summed E-state index contributed by atoms with van der Waals surface area (Å²) in [5, 5.41) is 14.1. The number of ether oxygens (including phenoxy) is 1. The first kappa shape index (κ1) is 15.6. The van der Waals surface area contributed by atoms with Crippen LogP contribution in [0.2, 0.25) is 0 Å². The van der Waals surface area contributed by atoms with Gasteiger partial charge in [-0.25, -0.2) is 9.97 Å². The Balaban J connectivity index is 2.64. The minimum Gasteiger partial charge on any atom is -0.378 e. The number of rotatable bonds is 5. The second-order valence-corrected chi connectivity index (χ2v) is 5.19. The molecular formula is C13H13IN4O3. The first-order valence-electron chi connectivity index (χ1n) is 6.05. The van der Waals surface area contributed by atoms with Crippen LogP contribution >= 0.6 is 22.6 Å². The van der Waals surface area contributed by atoms with E-state index in [4.69, 9.17) is 4.74 Å². The summed E-state index contributed by atoms with van der Waals surface area (Å²) in [6, 6.07) is 6.41. The summed E-state index contributed by atoms with van der Waals surface area (Å²) in [5.74, 6) is 0.921. The molecule has 1 aromatic carbocycles. The SMILES string of the molecule is CNc1nc(-c2ccccc2[N+](=O)[O-])nc(COC)c1I. The Kier molecular flexibility index (Phi) is 5.02. The highest BCUT2D eigenvalue weighted by Gasteiger charge is 2.19. The zero-order valence-electron chi connectivity index (χ0n) is 11.5. The molecule has 7 nitrogen and oxygen atoms in total. The number of benzene rings is 1. The third-order valence-corrected chi connectivity index (χ3v) is 3.91. The van der Waals surface area contributed by atoms with Gasteiger partial charge >= 0.3 is 0 Å². The number of nitrogens with one attached hydrogen (secondary N) is 1. The standard InChI is InChI=1S/C13H13IN4O3/c1-15-13-11(14)9(7-21-2)16-12(17-13)8-5-3-4-6-10(8)18(19)20/h3-6H,7H2,1-2H3,(H,15,16,17). The molecule has 2 aromatic rings. The summed E-state index contributed by atoms with van der Waals surface area (Å²) in [6.45, 7) is 0.309. The van der Waals surface area contributed by atoms with Gasteiger partial charge in [0.1, 0.15) is 5.82 Å². The van der Waals surface area contributed by atoms with Gasteiger partial charge in [-0.3, -0.25) is 10.1 Å². The van der Waals surface area contributed by atoms with Gasteiger partial charge in [0.2, 0.25) is 0 Å². The number of aromatic nitrogens is 2. The molecule has 0 bridgehead atoms. The van der Waals surface area contributed by atoms with Gasteiger partial charge in [0.05, 0.1) is 26.4 Å². The minimum atomic E-state index is -0.439. The van der Waals surface area contributed by atoms with Crippen molar-refractivity contribution in [1.29, 1.82) is 0 Å². The van der Waals surface area contributed by atoms with Crippen molar-refractivity contribution >= 4 is 34.1 Å². The molecule has 21 heavy (non-hydrogen) atoms. The van der Waals surface area contributed by atoms with E-state index in [9.17, 15) is 10.1 Å². The number of hydrogen-bond acceptors (Lipinski definition) is 6. The normalized spacial score (nSPS) is 10.4. The van der Waals surface area contributed by atoms with Crippen molar-refractivity contribution in [3.05, 3.63) is 43.6 Å². The third-order valence-electron chi connectivity index (χ3n) is 2.78. The Morgan fingerprint density at radius 1 is 1.38 bits per heavy atom. The lowest BCUT2D eigenvalue weighted by Gasteiger charge is -2.11. The molecule has 2 rings (SSSR count). The largest absolute Gasteiger partial charge is 0.378 e. The lowest BCUT2D eigenvalue weighted by Crippen LogP contribution is -2.07. The van der Waals surface area contributed by atoms with Crippen molar-refractivity contribution in [3.8, 4) is 11.4 Å².